The van der Waals surface area contributed by atoms with Gasteiger partial charge in [0.25, 0.3) is 0 Å². The maximum atomic E-state index is 12.5. The first-order valence-corrected chi connectivity index (χ1v) is 11.8. The summed E-state index contributed by atoms with van der Waals surface area (Å²) < 4.78 is 2.02. The van der Waals surface area contributed by atoms with Crippen molar-refractivity contribution in [3.05, 3.63) is 76.4 Å². The smallest absolute Gasteiger partial charge is 0.236 e. The second-order valence-corrected chi connectivity index (χ2v) is 9.08. The molecule has 2 aromatic heterocycles. The van der Waals surface area contributed by atoms with Crippen molar-refractivity contribution in [2.75, 3.05) is 11.1 Å². The van der Waals surface area contributed by atoms with E-state index in [2.05, 4.69) is 64.7 Å². The van der Waals surface area contributed by atoms with E-state index in [0.717, 1.165) is 22.2 Å². The van der Waals surface area contributed by atoms with Crippen LogP contribution in [-0.2, 0) is 11.3 Å². The number of hydrogen-bond donors (Lipinski definition) is 1. The first kappa shape index (κ1) is 21.3. The average Bonchev–Trinajstić information content (AvgIpc) is 3.36. The molecule has 0 atom stereocenters. The summed E-state index contributed by atoms with van der Waals surface area (Å²) in [6, 6.07) is 16.4. The maximum absolute atomic E-state index is 12.5. The molecule has 0 radical (unpaired) electrons. The number of benzene rings is 2. The Morgan fingerprint density at radius 3 is 2.65 bits per heavy atom. The third kappa shape index (κ3) is 5.21. The van der Waals surface area contributed by atoms with Crippen molar-refractivity contribution in [3.8, 4) is 11.3 Å². The number of nitrogens with one attached hydrogen (secondary N) is 1. The van der Waals surface area contributed by atoms with Crippen LogP contribution in [-0.4, -0.2) is 31.4 Å². The van der Waals surface area contributed by atoms with Crippen LogP contribution >= 0.6 is 23.1 Å². The number of amides is 1. The summed E-state index contributed by atoms with van der Waals surface area (Å²) >= 11 is 2.80. The Hall–Kier alpha value is -2.97. The summed E-state index contributed by atoms with van der Waals surface area (Å²) in [5.74, 6) is 0.952. The molecule has 1 amide bonds. The monoisotopic (exact) mass is 449 g/mol. The molecule has 8 heteroatoms. The number of carbonyl (C=O) groups is 1. The van der Waals surface area contributed by atoms with Crippen molar-refractivity contribution < 1.29 is 4.79 Å². The van der Waals surface area contributed by atoms with Gasteiger partial charge in [-0.2, -0.15) is 0 Å². The fourth-order valence-electron chi connectivity index (χ4n) is 3.07. The van der Waals surface area contributed by atoms with Crippen molar-refractivity contribution in [2.24, 2.45) is 0 Å². The highest BCUT2D eigenvalue weighted by atomic mass is 32.2. The predicted molar refractivity (Wildman–Crippen MR) is 127 cm³/mol. The molecule has 0 saturated carbocycles. The average molecular weight is 450 g/mol. The van der Waals surface area contributed by atoms with Crippen LogP contribution in [0, 0.1) is 20.8 Å². The zero-order valence-corrected chi connectivity index (χ0v) is 19.3. The van der Waals surface area contributed by atoms with Gasteiger partial charge in [-0.1, -0.05) is 54.2 Å². The maximum Gasteiger partial charge on any atom is 0.236 e. The minimum Gasteiger partial charge on any atom is -0.302 e. The van der Waals surface area contributed by atoms with E-state index in [9.17, 15) is 4.79 Å². The van der Waals surface area contributed by atoms with E-state index in [4.69, 9.17) is 0 Å². The summed E-state index contributed by atoms with van der Waals surface area (Å²) in [5.41, 5.74) is 5.56. The Morgan fingerprint density at radius 2 is 1.87 bits per heavy atom. The molecule has 0 spiro atoms. The summed E-state index contributed by atoms with van der Waals surface area (Å²) in [7, 11) is 0. The van der Waals surface area contributed by atoms with Crippen molar-refractivity contribution in [1.29, 1.82) is 0 Å². The lowest BCUT2D eigenvalue weighted by Crippen LogP contribution is -2.14. The fourth-order valence-corrected chi connectivity index (χ4v) is 4.59. The minimum absolute atomic E-state index is 0.113. The summed E-state index contributed by atoms with van der Waals surface area (Å²) in [4.78, 5) is 17.1. The molecule has 0 aliphatic rings. The molecule has 1 N–H and O–H groups in total. The second kappa shape index (κ2) is 9.45. The quantitative estimate of drug-likeness (QED) is 0.397. The predicted octanol–water partition coefficient (Wildman–Crippen LogP) is 5.11. The number of hydrogen-bond acceptors (Lipinski definition) is 6. The van der Waals surface area contributed by atoms with E-state index >= 15 is 0 Å². The van der Waals surface area contributed by atoms with Gasteiger partial charge in [0.15, 0.2) is 10.3 Å². The molecule has 0 bridgehead atoms. The van der Waals surface area contributed by atoms with Crippen LogP contribution in [0.5, 0.6) is 0 Å². The fraction of sp³-hybridized carbons (Fsp3) is 0.217. The highest BCUT2D eigenvalue weighted by molar-refractivity contribution is 7.99. The van der Waals surface area contributed by atoms with Gasteiger partial charge in [-0.05, 0) is 43.5 Å². The van der Waals surface area contributed by atoms with Gasteiger partial charge in [-0.25, -0.2) is 4.98 Å². The van der Waals surface area contributed by atoms with Crippen molar-refractivity contribution in [1.82, 2.24) is 19.7 Å². The van der Waals surface area contributed by atoms with Gasteiger partial charge in [0.1, 0.15) is 5.82 Å². The molecule has 4 rings (SSSR count). The van der Waals surface area contributed by atoms with Crippen LogP contribution in [0.25, 0.3) is 11.3 Å². The molecule has 2 heterocycles. The van der Waals surface area contributed by atoms with Gasteiger partial charge in [-0.3, -0.25) is 4.79 Å². The molecule has 4 aromatic rings. The Kier molecular flexibility index (Phi) is 6.48. The van der Waals surface area contributed by atoms with Gasteiger partial charge in [0.2, 0.25) is 5.91 Å². The Balaban J connectivity index is 1.37. The lowest BCUT2D eigenvalue weighted by atomic mass is 10.1. The lowest BCUT2D eigenvalue weighted by Gasteiger charge is -2.08. The van der Waals surface area contributed by atoms with E-state index in [0.29, 0.717) is 11.7 Å². The molecule has 0 unspecified atom stereocenters. The van der Waals surface area contributed by atoms with Crippen LogP contribution in [0.4, 0.5) is 5.13 Å². The molecule has 158 valence electrons. The molecular formula is C23H23N5OS2. The number of nitrogens with zero attached hydrogens (tertiary/aromatic N) is 4. The van der Waals surface area contributed by atoms with Crippen molar-refractivity contribution >= 4 is 34.1 Å². The van der Waals surface area contributed by atoms with Gasteiger partial charge in [0, 0.05) is 10.9 Å². The molecule has 31 heavy (non-hydrogen) atoms. The highest BCUT2D eigenvalue weighted by Gasteiger charge is 2.14. The highest BCUT2D eigenvalue weighted by Crippen LogP contribution is 2.27. The molecule has 2 aromatic carbocycles. The molecule has 0 saturated heterocycles. The summed E-state index contributed by atoms with van der Waals surface area (Å²) in [5, 5.41) is 14.6. The number of rotatable bonds is 7. The van der Waals surface area contributed by atoms with Crippen LogP contribution in [0.1, 0.15) is 22.5 Å². The number of anilines is 1. The number of aryl methyl sites for hydroxylation is 3. The van der Waals surface area contributed by atoms with E-state index in [1.165, 1.54) is 39.8 Å². The van der Waals surface area contributed by atoms with E-state index in [-0.39, 0.29) is 11.7 Å². The number of thioether (sulfide) groups is 1. The number of thiazole rings is 1. The van der Waals surface area contributed by atoms with Crippen LogP contribution < -0.4 is 5.32 Å². The molecular weight excluding hydrogens is 426 g/mol. The van der Waals surface area contributed by atoms with E-state index in [1.54, 1.807) is 0 Å². The molecule has 0 aliphatic heterocycles. The second-order valence-electron chi connectivity index (χ2n) is 7.28. The van der Waals surface area contributed by atoms with Gasteiger partial charge < -0.3 is 9.88 Å². The van der Waals surface area contributed by atoms with E-state index < -0.39 is 0 Å². The number of aromatic nitrogens is 4. The summed E-state index contributed by atoms with van der Waals surface area (Å²) in [6.45, 7) is 6.77. The zero-order chi connectivity index (χ0) is 21.8. The van der Waals surface area contributed by atoms with Gasteiger partial charge >= 0.3 is 0 Å². The van der Waals surface area contributed by atoms with Crippen molar-refractivity contribution in [2.45, 2.75) is 32.5 Å². The molecule has 0 fully saturated rings. The minimum atomic E-state index is -0.113. The SMILES string of the molecule is Cc1ccc(-c2csc(NC(=O)CSc3nnc(C)n3Cc3ccccc3)n2)cc1C. The Morgan fingerprint density at radius 1 is 1.06 bits per heavy atom. The standard InChI is InChI=1S/C23H23N5OS2/c1-15-9-10-19(11-16(15)2)20-13-30-22(24-20)25-21(29)14-31-23-27-26-17(3)28(23)12-18-7-5-4-6-8-18/h4-11,13H,12,14H2,1-3H3,(H,24,25,29). The van der Waals surface area contributed by atoms with Crippen LogP contribution in [0.3, 0.4) is 0 Å². The summed E-state index contributed by atoms with van der Waals surface area (Å²) in [6.07, 6.45) is 0. The first-order chi connectivity index (χ1) is 15.0. The lowest BCUT2D eigenvalue weighted by molar-refractivity contribution is -0.113. The van der Waals surface area contributed by atoms with Crippen LogP contribution in [0.15, 0.2) is 59.1 Å². The van der Waals surface area contributed by atoms with Gasteiger partial charge in [-0.15, -0.1) is 21.5 Å². The zero-order valence-electron chi connectivity index (χ0n) is 17.6. The first-order valence-electron chi connectivity index (χ1n) is 9.89. The molecule has 0 aliphatic carbocycles. The third-order valence-corrected chi connectivity index (χ3v) is 6.70. The topological polar surface area (TPSA) is 72.7 Å². The number of carbonyl (C=O) groups excluding carboxylic acids is 1. The Bertz CT molecular complexity index is 1200. The third-order valence-electron chi connectivity index (χ3n) is 4.97. The molecule has 6 nitrogen and oxygen atoms in total. The van der Waals surface area contributed by atoms with Crippen molar-refractivity contribution in [3.63, 3.8) is 0 Å². The normalized spacial score (nSPS) is 10.9. The Labute approximate surface area is 189 Å². The van der Waals surface area contributed by atoms with E-state index in [1.807, 2.05) is 35.1 Å². The largest absolute Gasteiger partial charge is 0.302 e. The van der Waals surface area contributed by atoms with Gasteiger partial charge in [0.05, 0.1) is 18.0 Å². The van der Waals surface area contributed by atoms with Crippen LogP contribution in [0.2, 0.25) is 0 Å².